The Bertz CT molecular complexity index is 914. The summed E-state index contributed by atoms with van der Waals surface area (Å²) in [7, 11) is 0. The van der Waals surface area contributed by atoms with Gasteiger partial charge >= 0.3 is 0 Å². The van der Waals surface area contributed by atoms with E-state index in [1.807, 2.05) is 24.3 Å². The lowest BCUT2D eigenvalue weighted by molar-refractivity contribution is 0.102. The molecule has 1 heterocycles. The number of hydrogen-bond acceptors (Lipinski definition) is 5. The average Bonchev–Trinajstić information content (AvgIpc) is 2.73. The quantitative estimate of drug-likeness (QED) is 0.572. The second-order valence-corrected chi connectivity index (χ2v) is 6.55. The van der Waals surface area contributed by atoms with Crippen molar-refractivity contribution in [2.45, 2.75) is 20.0 Å². The van der Waals surface area contributed by atoms with E-state index in [0.29, 0.717) is 34.6 Å². The molecule has 2 aromatic carbocycles. The normalized spacial score (nSPS) is 10.4. The van der Waals surface area contributed by atoms with Crippen LogP contribution in [0.3, 0.4) is 0 Å². The number of carbonyl (C=O) groups is 1. The summed E-state index contributed by atoms with van der Waals surface area (Å²) < 4.78 is 5.75. The van der Waals surface area contributed by atoms with Gasteiger partial charge in [-0.25, -0.2) is 9.97 Å². The molecule has 0 spiro atoms. The molecule has 0 atom stereocenters. The fourth-order valence-electron chi connectivity index (χ4n) is 2.41. The molecule has 3 rings (SSSR count). The molecule has 3 aromatic rings. The molecule has 0 saturated heterocycles. The molecular weight excluding hydrogens is 376 g/mol. The summed E-state index contributed by atoms with van der Waals surface area (Å²) in [4.78, 5) is 20.5. The maximum atomic E-state index is 12.4. The van der Waals surface area contributed by atoms with Crippen LogP contribution >= 0.6 is 11.6 Å². The molecule has 0 bridgehead atoms. The van der Waals surface area contributed by atoms with E-state index in [1.165, 1.54) is 6.33 Å². The van der Waals surface area contributed by atoms with Gasteiger partial charge in [-0.2, -0.15) is 0 Å². The third kappa shape index (κ3) is 5.69. The molecule has 0 aliphatic carbocycles. The van der Waals surface area contributed by atoms with Crippen LogP contribution in [-0.2, 0) is 6.61 Å². The molecule has 28 heavy (non-hydrogen) atoms. The maximum Gasteiger partial charge on any atom is 0.274 e. The minimum Gasteiger partial charge on any atom is -0.489 e. The molecule has 144 valence electrons. The van der Waals surface area contributed by atoms with E-state index in [0.717, 1.165) is 18.5 Å². The number of nitrogens with one attached hydrogen (secondary N) is 2. The van der Waals surface area contributed by atoms with Crippen LogP contribution in [0.5, 0.6) is 5.75 Å². The number of ether oxygens (including phenoxy) is 1. The molecule has 0 saturated carbocycles. The lowest BCUT2D eigenvalue weighted by atomic mass is 10.2. The van der Waals surface area contributed by atoms with E-state index >= 15 is 0 Å². The number of nitrogens with zero attached hydrogens (tertiary/aromatic N) is 2. The Labute approximate surface area is 168 Å². The van der Waals surface area contributed by atoms with Crippen LogP contribution in [0.2, 0.25) is 5.02 Å². The second-order valence-electron chi connectivity index (χ2n) is 6.11. The topological polar surface area (TPSA) is 76.1 Å². The highest BCUT2D eigenvalue weighted by molar-refractivity contribution is 6.30. The van der Waals surface area contributed by atoms with Gasteiger partial charge in [-0.05, 0) is 48.4 Å². The summed E-state index contributed by atoms with van der Waals surface area (Å²) in [6.07, 6.45) is 2.35. The minimum absolute atomic E-state index is 0.295. The van der Waals surface area contributed by atoms with Gasteiger partial charge in [0, 0.05) is 23.3 Å². The van der Waals surface area contributed by atoms with Crippen LogP contribution in [0.25, 0.3) is 0 Å². The Balaban J connectivity index is 1.56. The molecule has 0 aliphatic rings. The number of benzene rings is 2. The highest BCUT2D eigenvalue weighted by Crippen LogP contribution is 2.18. The van der Waals surface area contributed by atoms with E-state index in [4.69, 9.17) is 16.3 Å². The molecule has 0 radical (unpaired) electrons. The summed E-state index contributed by atoms with van der Waals surface area (Å²) >= 11 is 5.88. The standard InChI is InChI=1S/C21H21ClN4O2/c1-2-11-23-20-12-19(24-14-25-20)21(27)26-17-7-9-18(10-8-17)28-13-15-3-5-16(22)6-4-15/h3-10,12,14H,2,11,13H2,1H3,(H,26,27)(H,23,24,25). The lowest BCUT2D eigenvalue weighted by Gasteiger charge is -2.09. The summed E-state index contributed by atoms with van der Waals surface area (Å²) in [5, 5.41) is 6.65. The van der Waals surface area contributed by atoms with Gasteiger partial charge in [0.05, 0.1) is 0 Å². The molecule has 1 amide bonds. The van der Waals surface area contributed by atoms with Gasteiger partial charge in [0.25, 0.3) is 5.91 Å². The highest BCUT2D eigenvalue weighted by Gasteiger charge is 2.09. The molecule has 1 aromatic heterocycles. The van der Waals surface area contributed by atoms with Gasteiger partial charge in [-0.1, -0.05) is 30.7 Å². The van der Waals surface area contributed by atoms with Crippen LogP contribution in [0.4, 0.5) is 11.5 Å². The molecular formula is C21H21ClN4O2. The SMILES string of the molecule is CCCNc1cc(C(=O)Nc2ccc(OCc3ccc(Cl)cc3)cc2)ncn1. The van der Waals surface area contributed by atoms with Crippen molar-refractivity contribution in [1.29, 1.82) is 0 Å². The van der Waals surface area contributed by atoms with E-state index in [9.17, 15) is 4.79 Å². The fourth-order valence-corrected chi connectivity index (χ4v) is 2.53. The van der Waals surface area contributed by atoms with Gasteiger partial charge in [-0.15, -0.1) is 0 Å². The first-order valence-corrected chi connectivity index (χ1v) is 9.36. The zero-order valence-corrected chi connectivity index (χ0v) is 16.2. The van der Waals surface area contributed by atoms with Crippen molar-refractivity contribution < 1.29 is 9.53 Å². The second kappa shape index (κ2) is 9.71. The number of hydrogen-bond donors (Lipinski definition) is 2. The minimum atomic E-state index is -0.295. The van der Waals surface area contributed by atoms with Crippen LogP contribution in [0.1, 0.15) is 29.4 Å². The predicted molar refractivity (Wildman–Crippen MR) is 111 cm³/mol. The molecule has 0 unspecified atom stereocenters. The van der Waals surface area contributed by atoms with Crippen LogP contribution < -0.4 is 15.4 Å². The maximum absolute atomic E-state index is 12.4. The Kier molecular flexibility index (Phi) is 6.81. The first-order chi connectivity index (χ1) is 13.6. The number of halogens is 1. The monoisotopic (exact) mass is 396 g/mol. The van der Waals surface area contributed by atoms with Crippen molar-refractivity contribution in [1.82, 2.24) is 9.97 Å². The van der Waals surface area contributed by atoms with Gasteiger partial charge in [0.1, 0.15) is 30.2 Å². The van der Waals surface area contributed by atoms with Crippen molar-refractivity contribution in [3.8, 4) is 5.75 Å². The van der Waals surface area contributed by atoms with Crippen molar-refractivity contribution in [3.05, 3.63) is 77.2 Å². The average molecular weight is 397 g/mol. The van der Waals surface area contributed by atoms with Crippen molar-refractivity contribution in [2.24, 2.45) is 0 Å². The Morgan fingerprint density at radius 1 is 1.07 bits per heavy atom. The smallest absolute Gasteiger partial charge is 0.274 e. The number of anilines is 2. The summed E-state index contributed by atoms with van der Waals surface area (Å²) in [6, 6.07) is 16.3. The van der Waals surface area contributed by atoms with Crippen molar-refractivity contribution >= 4 is 29.0 Å². The first-order valence-electron chi connectivity index (χ1n) is 8.98. The zero-order valence-electron chi connectivity index (χ0n) is 15.5. The van der Waals surface area contributed by atoms with E-state index in [-0.39, 0.29) is 5.91 Å². The molecule has 0 aliphatic heterocycles. The van der Waals surface area contributed by atoms with Gasteiger partial charge in [0.2, 0.25) is 0 Å². The molecule has 2 N–H and O–H groups in total. The summed E-state index contributed by atoms with van der Waals surface area (Å²) in [5.41, 5.74) is 1.99. The van der Waals surface area contributed by atoms with E-state index in [1.54, 1.807) is 30.3 Å². The first kappa shape index (κ1) is 19.6. The number of aromatic nitrogens is 2. The molecule has 7 heteroatoms. The number of carbonyl (C=O) groups excluding carboxylic acids is 1. The number of rotatable bonds is 8. The fraction of sp³-hybridized carbons (Fsp3) is 0.190. The van der Waals surface area contributed by atoms with Crippen LogP contribution in [0, 0.1) is 0 Å². The molecule has 0 fully saturated rings. The van der Waals surface area contributed by atoms with Gasteiger partial charge in [0.15, 0.2) is 0 Å². The highest BCUT2D eigenvalue weighted by atomic mass is 35.5. The van der Waals surface area contributed by atoms with E-state index < -0.39 is 0 Å². The predicted octanol–water partition coefficient (Wildman–Crippen LogP) is 4.78. The largest absolute Gasteiger partial charge is 0.489 e. The zero-order chi connectivity index (χ0) is 19.8. The summed E-state index contributed by atoms with van der Waals surface area (Å²) in [5.74, 6) is 1.05. The lowest BCUT2D eigenvalue weighted by Crippen LogP contribution is -2.14. The van der Waals surface area contributed by atoms with Gasteiger partial charge in [-0.3, -0.25) is 4.79 Å². The van der Waals surface area contributed by atoms with Crippen molar-refractivity contribution in [3.63, 3.8) is 0 Å². The summed E-state index contributed by atoms with van der Waals surface area (Å²) in [6.45, 7) is 3.29. The number of amides is 1. The third-order valence-electron chi connectivity index (χ3n) is 3.89. The van der Waals surface area contributed by atoms with Crippen molar-refractivity contribution in [2.75, 3.05) is 17.2 Å². The van der Waals surface area contributed by atoms with Crippen LogP contribution in [-0.4, -0.2) is 22.4 Å². The van der Waals surface area contributed by atoms with E-state index in [2.05, 4.69) is 27.5 Å². The Morgan fingerprint density at radius 3 is 2.54 bits per heavy atom. The molecule has 6 nitrogen and oxygen atoms in total. The Morgan fingerprint density at radius 2 is 1.82 bits per heavy atom. The van der Waals surface area contributed by atoms with Crippen LogP contribution in [0.15, 0.2) is 60.9 Å². The van der Waals surface area contributed by atoms with Gasteiger partial charge < -0.3 is 15.4 Å². The Hall–Kier alpha value is -3.12. The third-order valence-corrected chi connectivity index (χ3v) is 4.14.